The van der Waals surface area contributed by atoms with Crippen molar-refractivity contribution in [2.24, 2.45) is 0 Å². The number of rotatable bonds is 9. The van der Waals surface area contributed by atoms with Crippen LogP contribution in [0.1, 0.15) is 31.1 Å². The molecule has 0 radical (unpaired) electrons. The van der Waals surface area contributed by atoms with Gasteiger partial charge in [-0.15, -0.1) is 0 Å². The Morgan fingerprint density at radius 1 is 0.943 bits per heavy atom. The second kappa shape index (κ2) is 13.2. The molecule has 1 aliphatic rings. The second-order valence-electron chi connectivity index (χ2n) is 7.39. The average molecular weight is 560 g/mol. The van der Waals surface area contributed by atoms with Crippen molar-refractivity contribution < 1.29 is 52.4 Å². The minimum absolute atomic E-state index is 0.257. The molecule has 0 aliphatic carbocycles. The highest BCUT2D eigenvalue weighted by Crippen LogP contribution is 2.28. The predicted octanol–water partition coefficient (Wildman–Crippen LogP) is 0.889. The molecule has 1 amide bonds. The van der Waals surface area contributed by atoms with E-state index >= 15 is 0 Å². The Bertz CT molecular complexity index is 936. The quantitative estimate of drug-likeness (QED) is 0.339. The average Bonchev–Trinajstić information content (AvgIpc) is 2.78. The molecule has 2 rings (SSSR count). The number of nitrogens with one attached hydrogen (secondary N) is 1. The number of ether oxygens (including phenoxy) is 6. The van der Waals surface area contributed by atoms with Crippen LogP contribution in [0.25, 0.3) is 0 Å². The molecule has 35 heavy (non-hydrogen) atoms. The highest BCUT2D eigenvalue weighted by molar-refractivity contribution is 9.10. The van der Waals surface area contributed by atoms with Crippen LogP contribution in [0, 0.1) is 0 Å². The van der Waals surface area contributed by atoms with Gasteiger partial charge >= 0.3 is 23.9 Å². The van der Waals surface area contributed by atoms with Gasteiger partial charge in [0.1, 0.15) is 31.5 Å². The summed E-state index contributed by atoms with van der Waals surface area (Å²) in [6, 6.07) is 5.15. The van der Waals surface area contributed by atoms with E-state index < -0.39 is 73.6 Å². The van der Waals surface area contributed by atoms with Gasteiger partial charge in [0.05, 0.1) is 7.11 Å². The Hall–Kier alpha value is -3.03. The van der Waals surface area contributed by atoms with Crippen molar-refractivity contribution in [3.63, 3.8) is 0 Å². The Morgan fingerprint density at radius 3 is 2.11 bits per heavy atom. The second-order valence-corrected chi connectivity index (χ2v) is 8.30. The molecule has 1 heterocycles. The molecule has 0 bridgehead atoms. The third-order valence-corrected chi connectivity index (χ3v) is 5.24. The van der Waals surface area contributed by atoms with Crippen LogP contribution in [0.3, 0.4) is 0 Å². The monoisotopic (exact) mass is 559 g/mol. The summed E-state index contributed by atoms with van der Waals surface area (Å²) in [5.41, 5.74) is 0.257. The van der Waals surface area contributed by atoms with Crippen molar-refractivity contribution in [1.82, 2.24) is 5.32 Å². The lowest BCUT2D eigenvalue weighted by atomic mass is 9.95. The fourth-order valence-corrected chi connectivity index (χ4v) is 3.51. The highest BCUT2D eigenvalue weighted by atomic mass is 79.9. The SMILES string of the molecule is COC(=O)CO[C@@H]1[C@H](NC(=O)c2ccc(Br)cc2)[C@H](OC(C)=O)O[C@@H](COC(C)=O)[C@@H]1OC(C)=O. The number of methoxy groups -OCH3 is 1. The van der Waals surface area contributed by atoms with Crippen molar-refractivity contribution in [3.8, 4) is 0 Å². The minimum atomic E-state index is -1.44. The Labute approximate surface area is 209 Å². The molecule has 1 aromatic rings. The first-order valence-corrected chi connectivity index (χ1v) is 11.2. The van der Waals surface area contributed by atoms with Crippen LogP contribution in [0.15, 0.2) is 28.7 Å². The number of hydrogen-bond acceptors (Lipinski definition) is 11. The number of amides is 1. The molecule has 192 valence electrons. The Morgan fingerprint density at radius 2 is 1.57 bits per heavy atom. The third kappa shape index (κ3) is 8.60. The third-order valence-electron chi connectivity index (χ3n) is 4.71. The maximum Gasteiger partial charge on any atom is 0.331 e. The maximum atomic E-state index is 13.0. The lowest BCUT2D eigenvalue weighted by Gasteiger charge is -2.44. The number of hydrogen-bond donors (Lipinski definition) is 1. The van der Waals surface area contributed by atoms with E-state index in [1.807, 2.05) is 0 Å². The van der Waals surface area contributed by atoms with Gasteiger partial charge in [0, 0.05) is 30.8 Å². The van der Waals surface area contributed by atoms with E-state index in [0.717, 1.165) is 25.4 Å². The maximum absolute atomic E-state index is 13.0. The summed E-state index contributed by atoms with van der Waals surface area (Å²) in [5.74, 6) is -3.47. The summed E-state index contributed by atoms with van der Waals surface area (Å²) >= 11 is 3.29. The normalized spacial score (nSPS) is 23.5. The van der Waals surface area contributed by atoms with Gasteiger partial charge in [0.15, 0.2) is 6.10 Å². The zero-order chi connectivity index (χ0) is 26.1. The van der Waals surface area contributed by atoms with E-state index in [1.54, 1.807) is 24.3 Å². The van der Waals surface area contributed by atoms with Gasteiger partial charge in [0.2, 0.25) is 6.29 Å². The molecule has 0 aromatic heterocycles. The summed E-state index contributed by atoms with van der Waals surface area (Å²) in [5, 5.41) is 2.66. The van der Waals surface area contributed by atoms with Crippen LogP contribution in [-0.2, 0) is 47.6 Å². The van der Waals surface area contributed by atoms with E-state index in [0.29, 0.717) is 0 Å². The topological polar surface area (TPSA) is 153 Å². The van der Waals surface area contributed by atoms with Gasteiger partial charge in [0.25, 0.3) is 5.91 Å². The van der Waals surface area contributed by atoms with E-state index in [4.69, 9.17) is 23.7 Å². The van der Waals surface area contributed by atoms with Gasteiger partial charge in [-0.05, 0) is 24.3 Å². The van der Waals surface area contributed by atoms with Crippen LogP contribution < -0.4 is 5.32 Å². The molecule has 0 spiro atoms. The number of esters is 4. The van der Waals surface area contributed by atoms with Gasteiger partial charge in [-0.3, -0.25) is 19.2 Å². The van der Waals surface area contributed by atoms with E-state index in [-0.39, 0.29) is 5.56 Å². The zero-order valence-corrected chi connectivity index (χ0v) is 21.1. The number of halogens is 1. The van der Waals surface area contributed by atoms with Gasteiger partial charge < -0.3 is 33.7 Å². The van der Waals surface area contributed by atoms with Crippen molar-refractivity contribution in [3.05, 3.63) is 34.3 Å². The lowest BCUT2D eigenvalue weighted by Crippen LogP contribution is -2.66. The van der Waals surface area contributed by atoms with Crippen LogP contribution >= 0.6 is 15.9 Å². The summed E-state index contributed by atoms with van der Waals surface area (Å²) in [7, 11) is 1.15. The molecule has 0 unspecified atom stereocenters. The molecule has 12 nitrogen and oxygen atoms in total. The van der Waals surface area contributed by atoms with Crippen LogP contribution in [-0.4, -0.2) is 80.8 Å². The van der Waals surface area contributed by atoms with Gasteiger partial charge in [-0.1, -0.05) is 15.9 Å². The molecule has 13 heteroatoms. The molecule has 5 atom stereocenters. The van der Waals surface area contributed by atoms with Crippen LogP contribution in [0.5, 0.6) is 0 Å². The fourth-order valence-electron chi connectivity index (χ4n) is 3.25. The highest BCUT2D eigenvalue weighted by Gasteiger charge is 2.51. The van der Waals surface area contributed by atoms with Crippen molar-refractivity contribution in [2.45, 2.75) is 51.4 Å². The number of benzene rings is 1. The molecular formula is C22H26BrNO11. The summed E-state index contributed by atoms with van der Waals surface area (Å²) in [4.78, 5) is 59.8. The molecular weight excluding hydrogens is 534 g/mol. The van der Waals surface area contributed by atoms with Crippen molar-refractivity contribution in [1.29, 1.82) is 0 Å². The standard InChI is InChI=1S/C22H26BrNO11/c1-11(25)31-9-16-19(33-12(2)26)20(32-10-17(28)30-4)18(22(35-16)34-13(3)27)24-21(29)14-5-7-15(23)8-6-14/h5-8,16,18-20,22H,9-10H2,1-4H3,(H,24,29)/t16-,18-,19-,20+,22+/m0/s1. The Kier molecular flexibility index (Phi) is 10.6. The first kappa shape index (κ1) is 28.2. The molecule has 1 aromatic carbocycles. The van der Waals surface area contributed by atoms with E-state index in [1.165, 1.54) is 6.92 Å². The summed E-state index contributed by atoms with van der Waals surface area (Å²) in [6.07, 6.45) is -5.13. The lowest BCUT2D eigenvalue weighted by molar-refractivity contribution is -0.273. The molecule has 1 saturated heterocycles. The van der Waals surface area contributed by atoms with Gasteiger partial charge in [-0.25, -0.2) is 4.79 Å². The fraction of sp³-hybridized carbons (Fsp3) is 0.500. The molecule has 0 saturated carbocycles. The first-order valence-electron chi connectivity index (χ1n) is 10.4. The molecule has 1 N–H and O–H groups in total. The molecule has 1 aliphatic heterocycles. The van der Waals surface area contributed by atoms with Crippen molar-refractivity contribution >= 4 is 45.7 Å². The predicted molar refractivity (Wildman–Crippen MR) is 120 cm³/mol. The molecule has 1 fully saturated rings. The van der Waals surface area contributed by atoms with Crippen LogP contribution in [0.4, 0.5) is 0 Å². The summed E-state index contributed by atoms with van der Waals surface area (Å²) in [6.45, 7) is 2.45. The summed E-state index contributed by atoms with van der Waals surface area (Å²) < 4.78 is 32.4. The smallest absolute Gasteiger partial charge is 0.331 e. The van der Waals surface area contributed by atoms with Crippen molar-refractivity contribution in [2.75, 3.05) is 20.3 Å². The largest absolute Gasteiger partial charge is 0.467 e. The van der Waals surface area contributed by atoms with E-state index in [9.17, 15) is 24.0 Å². The van der Waals surface area contributed by atoms with Crippen LogP contribution in [0.2, 0.25) is 0 Å². The van der Waals surface area contributed by atoms with Gasteiger partial charge in [-0.2, -0.15) is 0 Å². The Balaban J connectivity index is 2.45. The zero-order valence-electron chi connectivity index (χ0n) is 19.5. The number of carbonyl (C=O) groups excluding carboxylic acids is 5. The first-order chi connectivity index (χ1) is 16.5. The number of carbonyl (C=O) groups is 5. The van der Waals surface area contributed by atoms with E-state index in [2.05, 4.69) is 26.0 Å². The minimum Gasteiger partial charge on any atom is -0.467 e.